The van der Waals surface area contributed by atoms with Crippen molar-refractivity contribution in [2.24, 2.45) is 0 Å². The molecule has 0 saturated carbocycles. The first kappa shape index (κ1) is 7.65. The molecule has 0 atom stereocenters. The third-order valence-electron chi connectivity index (χ3n) is 0.569. The molecular formula is C4H9IO2. The van der Waals surface area contributed by atoms with Gasteiger partial charge in [0.25, 0.3) is 0 Å². The summed E-state index contributed by atoms with van der Waals surface area (Å²) in [6.07, 6.45) is 0. The van der Waals surface area contributed by atoms with Gasteiger partial charge in [0.2, 0.25) is 0 Å². The van der Waals surface area contributed by atoms with Crippen molar-refractivity contribution in [1.82, 2.24) is 0 Å². The Hall–Kier alpha value is 0.650. The molecule has 0 fully saturated rings. The van der Waals surface area contributed by atoms with Crippen LogP contribution in [0.2, 0.25) is 0 Å². The monoisotopic (exact) mass is 216 g/mol. The fraction of sp³-hybridized carbons (Fsp3) is 1.00. The quantitative estimate of drug-likeness (QED) is 0.329. The van der Waals surface area contributed by atoms with Crippen LogP contribution in [-0.2, 0) is 4.89 Å². The number of halogens is 1. The van der Waals surface area contributed by atoms with Gasteiger partial charge >= 0.3 is 0 Å². The van der Waals surface area contributed by atoms with Crippen LogP contribution < -0.4 is 0 Å². The molecular weight excluding hydrogens is 207 g/mol. The molecule has 0 aliphatic heterocycles. The molecule has 0 spiro atoms. The van der Waals surface area contributed by atoms with E-state index in [-0.39, 0.29) is 5.60 Å². The molecule has 0 rings (SSSR count). The van der Waals surface area contributed by atoms with Gasteiger partial charge in [-0.25, -0.2) is 4.89 Å². The first-order valence-corrected chi connectivity index (χ1v) is 3.53. The lowest BCUT2D eigenvalue weighted by Gasteiger charge is -2.15. The number of hydrogen-bond acceptors (Lipinski definition) is 2. The minimum atomic E-state index is -0.374. The zero-order chi connectivity index (χ0) is 5.91. The zero-order valence-corrected chi connectivity index (χ0v) is 6.60. The van der Waals surface area contributed by atoms with Gasteiger partial charge in [-0.15, -0.1) is 0 Å². The molecule has 0 aromatic carbocycles. The highest BCUT2D eigenvalue weighted by molar-refractivity contribution is 14.1. The minimum absolute atomic E-state index is 0.374. The highest BCUT2D eigenvalue weighted by atomic mass is 127. The maximum atomic E-state index is 8.09. The van der Waals surface area contributed by atoms with Gasteiger partial charge in [0.05, 0.1) is 0 Å². The van der Waals surface area contributed by atoms with Crippen LogP contribution >= 0.6 is 22.6 Å². The van der Waals surface area contributed by atoms with E-state index in [1.807, 2.05) is 13.8 Å². The van der Waals surface area contributed by atoms with Crippen molar-refractivity contribution in [3.05, 3.63) is 0 Å². The summed E-state index contributed by atoms with van der Waals surface area (Å²) < 4.78 is 0.793. The van der Waals surface area contributed by atoms with Crippen molar-refractivity contribution in [2.75, 3.05) is 4.43 Å². The smallest absolute Gasteiger partial charge is 0.107 e. The molecule has 0 unspecified atom stereocenters. The summed E-state index contributed by atoms with van der Waals surface area (Å²) in [7, 11) is 0. The highest BCUT2D eigenvalue weighted by Crippen LogP contribution is 2.09. The SMILES string of the molecule is CC(C)(CI)OO. The molecule has 2 nitrogen and oxygen atoms in total. The summed E-state index contributed by atoms with van der Waals surface area (Å²) in [5.41, 5.74) is -0.374. The molecule has 0 amide bonds. The predicted octanol–water partition coefficient (Wildman–Crippen LogP) is 1.69. The Kier molecular flexibility index (Phi) is 3.10. The predicted molar refractivity (Wildman–Crippen MR) is 36.7 cm³/mol. The molecule has 7 heavy (non-hydrogen) atoms. The molecule has 3 heteroatoms. The van der Waals surface area contributed by atoms with E-state index >= 15 is 0 Å². The lowest BCUT2D eigenvalue weighted by molar-refractivity contribution is -0.304. The number of hydrogen-bond donors (Lipinski definition) is 1. The molecule has 0 aliphatic carbocycles. The molecule has 44 valence electrons. The molecule has 0 aromatic rings. The second kappa shape index (κ2) is 2.84. The Morgan fingerprint density at radius 3 is 2.14 bits per heavy atom. The van der Waals surface area contributed by atoms with Crippen molar-refractivity contribution in [2.45, 2.75) is 19.4 Å². The first-order valence-electron chi connectivity index (χ1n) is 2.01. The summed E-state index contributed by atoms with van der Waals surface area (Å²) in [4.78, 5) is 4.08. The lowest BCUT2D eigenvalue weighted by atomic mass is 10.2. The van der Waals surface area contributed by atoms with Crippen LogP contribution in [0.1, 0.15) is 13.8 Å². The van der Waals surface area contributed by atoms with Gasteiger partial charge in [0, 0.05) is 4.43 Å². The Morgan fingerprint density at radius 1 is 1.71 bits per heavy atom. The van der Waals surface area contributed by atoms with E-state index in [1.165, 1.54) is 0 Å². The van der Waals surface area contributed by atoms with E-state index in [0.717, 1.165) is 4.43 Å². The average Bonchev–Trinajstić information content (AvgIpc) is 1.68. The van der Waals surface area contributed by atoms with Crippen LogP contribution in [0.3, 0.4) is 0 Å². The minimum Gasteiger partial charge on any atom is -0.251 e. The van der Waals surface area contributed by atoms with Gasteiger partial charge in [-0.3, -0.25) is 5.26 Å². The van der Waals surface area contributed by atoms with Gasteiger partial charge < -0.3 is 0 Å². The zero-order valence-electron chi connectivity index (χ0n) is 4.44. The first-order chi connectivity index (χ1) is 3.12. The summed E-state index contributed by atoms with van der Waals surface area (Å²) >= 11 is 2.15. The van der Waals surface area contributed by atoms with Crippen molar-refractivity contribution >= 4 is 22.6 Å². The third kappa shape index (κ3) is 3.25. The van der Waals surface area contributed by atoms with E-state index in [4.69, 9.17) is 5.26 Å². The van der Waals surface area contributed by atoms with Crippen LogP contribution in [0, 0.1) is 0 Å². The highest BCUT2D eigenvalue weighted by Gasteiger charge is 2.14. The fourth-order valence-corrected chi connectivity index (χ4v) is 0.164. The Bertz CT molecular complexity index is 47.7. The van der Waals surface area contributed by atoms with Gasteiger partial charge in [0.15, 0.2) is 0 Å². The molecule has 0 heterocycles. The van der Waals surface area contributed by atoms with Crippen LogP contribution in [0.5, 0.6) is 0 Å². The van der Waals surface area contributed by atoms with E-state index in [1.54, 1.807) is 0 Å². The van der Waals surface area contributed by atoms with E-state index in [9.17, 15) is 0 Å². The van der Waals surface area contributed by atoms with Crippen LogP contribution in [-0.4, -0.2) is 15.3 Å². The van der Waals surface area contributed by atoms with Crippen LogP contribution in [0.25, 0.3) is 0 Å². The van der Waals surface area contributed by atoms with E-state index < -0.39 is 0 Å². The molecule has 0 saturated heterocycles. The molecule has 0 bridgehead atoms. The Morgan fingerprint density at radius 2 is 2.14 bits per heavy atom. The van der Waals surface area contributed by atoms with Crippen molar-refractivity contribution in [3.63, 3.8) is 0 Å². The standard InChI is InChI=1S/C4H9IO2/c1-4(2,3-5)7-6/h6H,3H2,1-2H3. The van der Waals surface area contributed by atoms with Crippen molar-refractivity contribution in [1.29, 1.82) is 0 Å². The van der Waals surface area contributed by atoms with Crippen LogP contribution in [0.15, 0.2) is 0 Å². The topological polar surface area (TPSA) is 29.5 Å². The van der Waals surface area contributed by atoms with Crippen LogP contribution in [0.4, 0.5) is 0 Å². The Labute approximate surface area is 56.9 Å². The van der Waals surface area contributed by atoms with Gasteiger partial charge in [0.1, 0.15) is 5.60 Å². The van der Waals surface area contributed by atoms with Crippen molar-refractivity contribution < 1.29 is 10.1 Å². The average molecular weight is 216 g/mol. The summed E-state index contributed by atoms with van der Waals surface area (Å²) in [5.74, 6) is 0. The van der Waals surface area contributed by atoms with E-state index in [2.05, 4.69) is 27.5 Å². The largest absolute Gasteiger partial charge is 0.251 e. The molecule has 0 radical (unpaired) electrons. The molecule has 0 aromatic heterocycles. The molecule has 0 aliphatic rings. The summed E-state index contributed by atoms with van der Waals surface area (Å²) in [6, 6.07) is 0. The second-order valence-electron chi connectivity index (χ2n) is 1.98. The van der Waals surface area contributed by atoms with E-state index in [0.29, 0.717) is 0 Å². The number of rotatable bonds is 2. The maximum absolute atomic E-state index is 8.09. The van der Waals surface area contributed by atoms with Gasteiger partial charge in [-0.1, -0.05) is 22.6 Å². The fourth-order valence-electron chi connectivity index (χ4n) is 0.0244. The lowest BCUT2D eigenvalue weighted by Crippen LogP contribution is -2.23. The van der Waals surface area contributed by atoms with Gasteiger partial charge in [-0.05, 0) is 13.8 Å². The maximum Gasteiger partial charge on any atom is 0.107 e. The normalized spacial score (nSPS) is 12.0. The van der Waals surface area contributed by atoms with Crippen molar-refractivity contribution in [3.8, 4) is 0 Å². The Balaban J connectivity index is 3.36. The second-order valence-corrected chi connectivity index (χ2v) is 2.75. The summed E-state index contributed by atoms with van der Waals surface area (Å²) in [6.45, 7) is 3.64. The third-order valence-corrected chi connectivity index (χ3v) is 2.41. The summed E-state index contributed by atoms with van der Waals surface area (Å²) in [5, 5.41) is 8.09. The molecule has 1 N–H and O–H groups in total. The van der Waals surface area contributed by atoms with Gasteiger partial charge in [-0.2, -0.15) is 0 Å². The number of alkyl halides is 1.